The highest BCUT2D eigenvalue weighted by Crippen LogP contribution is 2.60. The van der Waals surface area contributed by atoms with Crippen LogP contribution in [0.25, 0.3) is 11.2 Å². The molecule has 3 heterocycles. The molecule has 1 saturated heterocycles. The fraction of sp³-hybridized carbons (Fsp3) is 0.500. The van der Waals surface area contributed by atoms with Gasteiger partial charge in [-0.3, -0.25) is 18.2 Å². The van der Waals surface area contributed by atoms with Crippen molar-refractivity contribution in [3.8, 4) is 0 Å². The van der Waals surface area contributed by atoms with Crippen molar-refractivity contribution in [3.05, 3.63) is 12.7 Å². The van der Waals surface area contributed by atoms with Crippen molar-refractivity contribution in [2.75, 3.05) is 18.9 Å². The normalized spacial score (nSPS) is 24.9. The van der Waals surface area contributed by atoms with Gasteiger partial charge in [-0.05, 0) is 0 Å². The number of nitrogens with zero attached hydrogens (tertiary/aromatic N) is 4. The van der Waals surface area contributed by atoms with Crippen LogP contribution in [-0.4, -0.2) is 50.9 Å². The van der Waals surface area contributed by atoms with E-state index < -0.39 is 54.3 Å². The minimum absolute atomic E-state index is 0.0796. The zero-order valence-corrected chi connectivity index (χ0v) is 19.0. The van der Waals surface area contributed by atoms with E-state index in [1.54, 1.807) is 0 Å². The van der Waals surface area contributed by atoms with E-state index in [2.05, 4.69) is 28.1 Å². The second-order valence-electron chi connectivity index (χ2n) is 6.40. The molecule has 0 aromatic carbocycles. The molecule has 0 radical (unpaired) electrons. The Kier molecular flexibility index (Phi) is 7.39. The lowest BCUT2D eigenvalue weighted by Gasteiger charge is -2.37. The van der Waals surface area contributed by atoms with E-state index in [9.17, 15) is 38.1 Å². The molecule has 1 aliphatic rings. The molecule has 18 nitrogen and oxygen atoms in total. The molecule has 5 atom stereocenters. The van der Waals surface area contributed by atoms with Gasteiger partial charge >= 0.3 is 5.97 Å². The summed E-state index contributed by atoms with van der Waals surface area (Å²) in [4.78, 5) is 67.3. The number of anilines is 1. The largest absolute Gasteiger partial charge is 0.790 e. The molecule has 21 heteroatoms. The number of phosphoric acid groups is 3. The van der Waals surface area contributed by atoms with E-state index in [0.717, 1.165) is 6.92 Å². The maximum absolute atomic E-state index is 11.8. The Morgan fingerprint density at radius 3 is 2.52 bits per heavy atom. The van der Waals surface area contributed by atoms with Gasteiger partial charge in [0.25, 0.3) is 15.6 Å². The summed E-state index contributed by atoms with van der Waals surface area (Å²) in [6.45, 7) is 0.00566. The number of phosphoric ester groups is 1. The van der Waals surface area contributed by atoms with Gasteiger partial charge in [0.1, 0.15) is 17.9 Å². The molecule has 0 spiro atoms. The predicted octanol–water partition coefficient (Wildman–Crippen LogP) is -2.90. The van der Waals surface area contributed by atoms with Gasteiger partial charge in [-0.15, -0.1) is 0 Å². The highest BCUT2D eigenvalue weighted by atomic mass is 31.3. The van der Waals surface area contributed by atoms with Crippen LogP contribution in [0.2, 0.25) is 0 Å². The highest BCUT2D eigenvalue weighted by Gasteiger charge is 2.42. The zero-order valence-electron chi connectivity index (χ0n) is 16.3. The van der Waals surface area contributed by atoms with E-state index in [1.165, 1.54) is 17.2 Å². The van der Waals surface area contributed by atoms with Crippen LogP contribution in [-0.2, 0) is 41.1 Å². The quantitative estimate of drug-likeness (QED) is 0.252. The van der Waals surface area contributed by atoms with Crippen LogP contribution in [0.5, 0.6) is 0 Å². The minimum atomic E-state index is -6.13. The molecule has 2 unspecified atom stereocenters. The average Bonchev–Trinajstić information content (AvgIpc) is 3.21. The maximum Gasteiger partial charge on any atom is 0.303 e. The summed E-state index contributed by atoms with van der Waals surface area (Å²) in [6.07, 6.45) is 0.0537. The van der Waals surface area contributed by atoms with Crippen LogP contribution in [0.4, 0.5) is 5.82 Å². The van der Waals surface area contributed by atoms with Crippen molar-refractivity contribution in [3.63, 3.8) is 0 Å². The van der Waals surface area contributed by atoms with Crippen molar-refractivity contribution in [1.29, 1.82) is 0 Å². The van der Waals surface area contributed by atoms with Crippen molar-refractivity contribution >= 4 is 46.4 Å². The molecule has 2 aromatic heterocycles. The van der Waals surface area contributed by atoms with Gasteiger partial charge in [-0.25, -0.2) is 19.3 Å². The third kappa shape index (κ3) is 6.62. The van der Waals surface area contributed by atoms with E-state index >= 15 is 0 Å². The first-order chi connectivity index (χ1) is 15.2. The number of nitrogens with two attached hydrogens (primary N) is 1. The summed E-state index contributed by atoms with van der Waals surface area (Å²) in [7, 11) is -18.0. The number of nitrogen functional groups attached to an aromatic ring is 1. The minimum Gasteiger partial charge on any atom is -0.790 e. The van der Waals surface area contributed by atoms with Crippen LogP contribution in [0, 0.1) is 0 Å². The van der Waals surface area contributed by atoms with E-state index in [0.29, 0.717) is 0 Å². The molecular weight excluding hydrogens is 515 g/mol. The number of carbonyl (C=O) groups excluding carboxylic acids is 1. The Morgan fingerprint density at radius 2 is 1.88 bits per heavy atom. The Bertz CT molecular complexity index is 1180. The van der Waals surface area contributed by atoms with E-state index in [-0.39, 0.29) is 23.6 Å². The summed E-state index contributed by atoms with van der Waals surface area (Å²) in [5.74, 6) is -0.685. The maximum atomic E-state index is 11.8. The second-order valence-corrected chi connectivity index (χ2v) is 10.6. The molecule has 2 N–H and O–H groups in total. The molecule has 3 rings (SSSR count). The Balaban J connectivity index is 1.76. The first-order valence-electron chi connectivity index (χ1n) is 8.61. The number of hydrogen-bond acceptors (Lipinski definition) is 17. The molecule has 184 valence electrons. The van der Waals surface area contributed by atoms with Gasteiger partial charge < -0.3 is 48.4 Å². The fourth-order valence-electron chi connectivity index (χ4n) is 2.95. The topological polar surface area (TPSA) is 276 Å². The van der Waals surface area contributed by atoms with Crippen molar-refractivity contribution in [2.45, 2.75) is 25.2 Å². The molecular formula is C12H14N5O13P3-4. The summed E-state index contributed by atoms with van der Waals surface area (Å²) in [5.41, 5.74) is 6.24. The zero-order chi connectivity index (χ0) is 24.6. The van der Waals surface area contributed by atoms with E-state index in [4.69, 9.17) is 15.2 Å². The van der Waals surface area contributed by atoms with Gasteiger partial charge in [0.15, 0.2) is 17.6 Å². The molecule has 33 heavy (non-hydrogen) atoms. The first-order valence-corrected chi connectivity index (χ1v) is 13.0. The van der Waals surface area contributed by atoms with Crippen molar-refractivity contribution < 1.29 is 60.7 Å². The molecule has 0 amide bonds. The SMILES string of the molecule is CC(=O)O[C@H]1[C@H](COP(=O)([O-])OP(=O)([O-])OP(=O)([O-])[O-])OC[C@@H]1n1cnc2c(N)ncnc21. The third-order valence-electron chi connectivity index (χ3n) is 4.07. The lowest BCUT2D eigenvalue weighted by molar-refractivity contribution is -0.339. The molecule has 1 fully saturated rings. The fourth-order valence-corrected chi connectivity index (χ4v) is 5.81. The van der Waals surface area contributed by atoms with Crippen LogP contribution in [0.1, 0.15) is 13.0 Å². The summed E-state index contributed by atoms with van der Waals surface area (Å²) in [6, 6.07) is -0.783. The number of rotatable bonds is 9. The van der Waals surface area contributed by atoms with Gasteiger partial charge in [-0.1, -0.05) is 0 Å². The van der Waals surface area contributed by atoms with Gasteiger partial charge in [0, 0.05) is 6.92 Å². The number of imidazole rings is 1. The number of aromatic nitrogens is 4. The molecule has 0 aliphatic carbocycles. The third-order valence-corrected chi connectivity index (χ3v) is 7.74. The summed E-state index contributed by atoms with van der Waals surface area (Å²) < 4.78 is 56.5. The van der Waals surface area contributed by atoms with Gasteiger partial charge in [0.2, 0.25) is 0 Å². The molecule has 2 aromatic rings. The van der Waals surface area contributed by atoms with Crippen LogP contribution >= 0.6 is 23.5 Å². The number of esters is 1. The lowest BCUT2D eigenvalue weighted by atomic mass is 10.1. The summed E-state index contributed by atoms with van der Waals surface area (Å²) in [5, 5.41) is 0. The highest BCUT2D eigenvalue weighted by molar-refractivity contribution is 7.64. The molecule has 0 bridgehead atoms. The van der Waals surface area contributed by atoms with Crippen molar-refractivity contribution in [2.24, 2.45) is 0 Å². The molecule has 1 aliphatic heterocycles. The second kappa shape index (κ2) is 9.44. The first kappa shape index (κ1) is 25.8. The van der Waals surface area contributed by atoms with Gasteiger partial charge in [-0.2, -0.15) is 0 Å². The number of carbonyl (C=O) groups is 1. The van der Waals surface area contributed by atoms with Gasteiger partial charge in [0.05, 0.1) is 33.4 Å². The Morgan fingerprint density at radius 1 is 1.18 bits per heavy atom. The van der Waals surface area contributed by atoms with Crippen LogP contribution < -0.4 is 25.3 Å². The number of hydrogen-bond donors (Lipinski definition) is 1. The smallest absolute Gasteiger partial charge is 0.303 e. The number of fused-ring (bicyclic) bond motifs is 1. The standard InChI is InChI=1S/C12H18N5O13P3/c1-6(18)28-10-7(17-5-16-9-11(13)14-4-15-12(9)17)2-26-8(10)3-27-32(22,23)30-33(24,25)29-31(19,20)21/h4-5,7-8,10H,2-3H2,1H3,(H,22,23)(H,24,25)(H2,13,14,15)(H2,19,20,21)/p-4/t7-,8-,10+/m0/s1. The Labute approximate surface area is 184 Å². The monoisotopic (exact) mass is 529 g/mol. The predicted molar refractivity (Wildman–Crippen MR) is 95.0 cm³/mol. The summed E-state index contributed by atoms with van der Waals surface area (Å²) >= 11 is 0. The molecule has 0 saturated carbocycles. The van der Waals surface area contributed by atoms with E-state index in [1.807, 2.05) is 0 Å². The Hall–Kier alpha value is -1.81. The average molecular weight is 529 g/mol. The van der Waals surface area contributed by atoms with Crippen LogP contribution in [0.15, 0.2) is 12.7 Å². The van der Waals surface area contributed by atoms with Crippen LogP contribution in [0.3, 0.4) is 0 Å². The van der Waals surface area contributed by atoms with Crippen molar-refractivity contribution in [1.82, 2.24) is 19.5 Å². The lowest BCUT2D eigenvalue weighted by Crippen LogP contribution is -2.36. The number of ether oxygens (including phenoxy) is 2.